The molecule has 0 aromatic heterocycles. The summed E-state index contributed by atoms with van der Waals surface area (Å²) >= 11 is 0. The molecule has 0 aliphatic rings. The van der Waals surface area contributed by atoms with Crippen LogP contribution in [0.25, 0.3) is 6.08 Å². The predicted octanol–water partition coefficient (Wildman–Crippen LogP) is 1.52. The van der Waals surface area contributed by atoms with Gasteiger partial charge >= 0.3 is 0 Å². The highest BCUT2D eigenvalue weighted by molar-refractivity contribution is 5.92. The molecule has 0 saturated carbocycles. The molecule has 0 bridgehead atoms. The average molecular weight is 263 g/mol. The molecule has 0 radical (unpaired) electrons. The molecule has 1 aromatic carbocycles. The Hall–Kier alpha value is -1.65. The fourth-order valence-corrected chi connectivity index (χ4v) is 1.74. The molecule has 19 heavy (non-hydrogen) atoms. The molecule has 0 fully saturated rings. The molecule has 1 amide bonds. The summed E-state index contributed by atoms with van der Waals surface area (Å²) in [6.45, 7) is 2.41. The highest BCUT2D eigenvalue weighted by Gasteiger charge is 2.09. The Labute approximate surface area is 114 Å². The minimum atomic E-state index is -0.182. The van der Waals surface area contributed by atoms with E-state index in [0.29, 0.717) is 13.0 Å². The van der Waals surface area contributed by atoms with Gasteiger partial charge < -0.3 is 15.2 Å². The molecule has 1 aromatic rings. The molecule has 0 saturated heterocycles. The normalized spacial score (nSPS) is 12.6. The molecule has 1 unspecified atom stereocenters. The second kappa shape index (κ2) is 8.45. The number of hydrogen-bond donors (Lipinski definition) is 2. The number of carbonyl (C=O) groups is 1. The van der Waals surface area contributed by atoms with Crippen molar-refractivity contribution in [1.82, 2.24) is 5.32 Å². The summed E-state index contributed by atoms with van der Waals surface area (Å²) in [5, 5.41) is 11.7. The fourth-order valence-electron chi connectivity index (χ4n) is 1.74. The Bertz CT molecular complexity index is 423. The highest BCUT2D eigenvalue weighted by Crippen LogP contribution is 2.08. The molecular formula is C15H21NO3. The van der Waals surface area contributed by atoms with Crippen molar-refractivity contribution in [3.05, 3.63) is 41.5 Å². The Balaban J connectivity index is 2.56. The summed E-state index contributed by atoms with van der Waals surface area (Å²) in [4.78, 5) is 11.8. The highest BCUT2D eigenvalue weighted by atomic mass is 16.5. The van der Waals surface area contributed by atoms with Crippen LogP contribution in [-0.4, -0.2) is 37.4 Å². The lowest BCUT2D eigenvalue weighted by Gasteiger charge is -2.15. The van der Waals surface area contributed by atoms with E-state index in [-0.39, 0.29) is 18.6 Å². The molecular weight excluding hydrogens is 242 g/mol. The van der Waals surface area contributed by atoms with Gasteiger partial charge in [-0.1, -0.05) is 24.3 Å². The van der Waals surface area contributed by atoms with Crippen LogP contribution >= 0.6 is 0 Å². The number of benzene rings is 1. The zero-order valence-electron chi connectivity index (χ0n) is 11.4. The van der Waals surface area contributed by atoms with Crippen molar-refractivity contribution < 1.29 is 14.6 Å². The first-order valence-corrected chi connectivity index (χ1v) is 6.31. The molecule has 0 aliphatic heterocycles. The van der Waals surface area contributed by atoms with Crippen molar-refractivity contribution in [1.29, 1.82) is 0 Å². The Morgan fingerprint density at radius 3 is 2.84 bits per heavy atom. The van der Waals surface area contributed by atoms with Crippen molar-refractivity contribution in [2.24, 2.45) is 0 Å². The Morgan fingerprint density at radius 2 is 2.21 bits per heavy atom. The summed E-state index contributed by atoms with van der Waals surface area (Å²) in [5.41, 5.74) is 2.14. The topological polar surface area (TPSA) is 58.6 Å². The van der Waals surface area contributed by atoms with Crippen molar-refractivity contribution in [3.63, 3.8) is 0 Å². The van der Waals surface area contributed by atoms with E-state index < -0.39 is 0 Å². The SMILES string of the molecule is COCC(CCO)NC(=O)/C=C/c1ccccc1C. The van der Waals surface area contributed by atoms with Gasteiger partial charge in [-0.05, 0) is 30.5 Å². The fraction of sp³-hybridized carbons (Fsp3) is 0.400. The number of aliphatic hydroxyl groups excluding tert-OH is 1. The molecule has 0 heterocycles. The van der Waals surface area contributed by atoms with Gasteiger partial charge in [0, 0.05) is 19.8 Å². The van der Waals surface area contributed by atoms with E-state index in [1.807, 2.05) is 31.2 Å². The number of aliphatic hydroxyl groups is 1. The molecule has 0 spiro atoms. The van der Waals surface area contributed by atoms with Gasteiger partial charge in [-0.15, -0.1) is 0 Å². The standard InChI is InChI=1S/C15H21NO3/c1-12-5-3-4-6-13(12)7-8-15(18)16-14(9-10-17)11-19-2/h3-8,14,17H,9-11H2,1-2H3,(H,16,18)/b8-7+. The van der Waals surface area contributed by atoms with Crippen molar-refractivity contribution in [3.8, 4) is 0 Å². The molecule has 0 aliphatic carbocycles. The first-order valence-electron chi connectivity index (χ1n) is 6.31. The summed E-state index contributed by atoms with van der Waals surface area (Å²) in [5.74, 6) is -0.182. The number of ether oxygens (including phenoxy) is 1. The van der Waals surface area contributed by atoms with Gasteiger partial charge in [0.15, 0.2) is 0 Å². The lowest BCUT2D eigenvalue weighted by atomic mass is 10.1. The quantitative estimate of drug-likeness (QED) is 0.733. The maximum Gasteiger partial charge on any atom is 0.244 e. The number of rotatable bonds is 7. The van der Waals surface area contributed by atoms with Gasteiger partial charge in [0.2, 0.25) is 5.91 Å². The number of aryl methyl sites for hydroxylation is 1. The van der Waals surface area contributed by atoms with Gasteiger partial charge in [-0.2, -0.15) is 0 Å². The van der Waals surface area contributed by atoms with Crippen LogP contribution in [0.3, 0.4) is 0 Å². The maximum atomic E-state index is 11.8. The largest absolute Gasteiger partial charge is 0.396 e. The molecule has 4 heteroatoms. The first kappa shape index (κ1) is 15.4. The van der Waals surface area contributed by atoms with Crippen LogP contribution in [0, 0.1) is 6.92 Å². The number of methoxy groups -OCH3 is 1. The van der Waals surface area contributed by atoms with Crippen LogP contribution in [0.15, 0.2) is 30.3 Å². The van der Waals surface area contributed by atoms with Crippen molar-refractivity contribution >= 4 is 12.0 Å². The van der Waals surface area contributed by atoms with E-state index in [4.69, 9.17) is 9.84 Å². The molecule has 2 N–H and O–H groups in total. The summed E-state index contributed by atoms with van der Waals surface area (Å²) < 4.78 is 4.99. The van der Waals surface area contributed by atoms with E-state index in [2.05, 4.69) is 5.32 Å². The molecule has 104 valence electrons. The lowest BCUT2D eigenvalue weighted by molar-refractivity contribution is -0.117. The van der Waals surface area contributed by atoms with E-state index in [1.54, 1.807) is 13.2 Å². The van der Waals surface area contributed by atoms with Crippen molar-refractivity contribution in [2.45, 2.75) is 19.4 Å². The van der Waals surface area contributed by atoms with Crippen molar-refractivity contribution in [2.75, 3.05) is 20.3 Å². The van der Waals surface area contributed by atoms with Gasteiger partial charge in [0.25, 0.3) is 0 Å². The minimum absolute atomic E-state index is 0.0236. The predicted molar refractivity (Wildman–Crippen MR) is 75.7 cm³/mol. The molecule has 1 rings (SSSR count). The third-order valence-corrected chi connectivity index (χ3v) is 2.79. The summed E-state index contributed by atoms with van der Waals surface area (Å²) in [6.07, 6.45) is 3.77. The second-order valence-corrected chi connectivity index (χ2v) is 4.36. The monoisotopic (exact) mass is 263 g/mol. The van der Waals surface area contributed by atoms with Crippen LogP contribution < -0.4 is 5.32 Å². The maximum absolute atomic E-state index is 11.8. The number of nitrogens with one attached hydrogen (secondary N) is 1. The first-order chi connectivity index (χ1) is 9.17. The van der Waals surface area contributed by atoms with Gasteiger partial charge in [0.1, 0.15) is 0 Å². The van der Waals surface area contributed by atoms with Crippen LogP contribution in [0.4, 0.5) is 0 Å². The zero-order chi connectivity index (χ0) is 14.1. The summed E-state index contributed by atoms with van der Waals surface area (Å²) in [6, 6.07) is 7.69. The van der Waals surface area contributed by atoms with Gasteiger partial charge in [-0.3, -0.25) is 4.79 Å². The zero-order valence-corrected chi connectivity index (χ0v) is 11.4. The Morgan fingerprint density at radius 1 is 1.47 bits per heavy atom. The third kappa shape index (κ3) is 5.68. The van der Waals surface area contributed by atoms with E-state index in [0.717, 1.165) is 11.1 Å². The van der Waals surface area contributed by atoms with Crippen LogP contribution in [0.2, 0.25) is 0 Å². The minimum Gasteiger partial charge on any atom is -0.396 e. The number of hydrogen-bond acceptors (Lipinski definition) is 3. The van der Waals surface area contributed by atoms with E-state index in [9.17, 15) is 4.79 Å². The number of amides is 1. The molecule has 4 nitrogen and oxygen atoms in total. The second-order valence-electron chi connectivity index (χ2n) is 4.36. The van der Waals surface area contributed by atoms with Gasteiger partial charge in [-0.25, -0.2) is 0 Å². The van der Waals surface area contributed by atoms with E-state index >= 15 is 0 Å². The third-order valence-electron chi connectivity index (χ3n) is 2.79. The lowest BCUT2D eigenvalue weighted by Crippen LogP contribution is -2.37. The van der Waals surface area contributed by atoms with E-state index in [1.165, 1.54) is 6.08 Å². The van der Waals surface area contributed by atoms with Crippen LogP contribution in [0.5, 0.6) is 0 Å². The summed E-state index contributed by atoms with van der Waals surface area (Å²) in [7, 11) is 1.57. The molecule has 1 atom stereocenters. The number of carbonyl (C=O) groups excluding carboxylic acids is 1. The smallest absolute Gasteiger partial charge is 0.244 e. The van der Waals surface area contributed by atoms with Crippen LogP contribution in [0.1, 0.15) is 17.5 Å². The Kier molecular flexibility index (Phi) is 6.85. The van der Waals surface area contributed by atoms with Gasteiger partial charge in [0.05, 0.1) is 12.6 Å². The average Bonchev–Trinajstić information content (AvgIpc) is 2.38. The van der Waals surface area contributed by atoms with Crippen LogP contribution in [-0.2, 0) is 9.53 Å².